The molecule has 1 saturated carbocycles. The summed E-state index contributed by atoms with van der Waals surface area (Å²) in [5.41, 5.74) is 0.746. The summed E-state index contributed by atoms with van der Waals surface area (Å²) >= 11 is 6.05. The lowest BCUT2D eigenvalue weighted by Gasteiger charge is -2.36. The number of benzene rings is 1. The van der Waals surface area contributed by atoms with E-state index < -0.39 is 5.54 Å². The average molecular weight is 264 g/mol. The van der Waals surface area contributed by atoms with Crippen molar-refractivity contribution in [2.45, 2.75) is 24.8 Å². The first-order chi connectivity index (χ1) is 8.60. The van der Waals surface area contributed by atoms with Crippen LogP contribution < -0.4 is 10.6 Å². The molecule has 18 heavy (non-hydrogen) atoms. The molecule has 1 aliphatic rings. The lowest BCUT2D eigenvalue weighted by molar-refractivity contribution is 0.0963. The maximum atomic E-state index is 11.5. The van der Waals surface area contributed by atoms with E-state index in [1.807, 2.05) is 0 Å². The Kier molecular flexibility index (Phi) is 3.44. The van der Waals surface area contributed by atoms with E-state index in [4.69, 9.17) is 16.9 Å². The van der Waals surface area contributed by atoms with E-state index in [1.54, 1.807) is 25.2 Å². The fourth-order valence-electron chi connectivity index (χ4n) is 1.98. The van der Waals surface area contributed by atoms with Gasteiger partial charge in [-0.15, -0.1) is 0 Å². The van der Waals surface area contributed by atoms with Crippen molar-refractivity contribution >= 4 is 23.2 Å². The van der Waals surface area contributed by atoms with Gasteiger partial charge in [0.25, 0.3) is 5.91 Å². The molecular formula is C13H14ClN3O. The number of amides is 1. The summed E-state index contributed by atoms with van der Waals surface area (Å²) in [7, 11) is 1.56. The summed E-state index contributed by atoms with van der Waals surface area (Å²) in [6, 6.07) is 7.41. The van der Waals surface area contributed by atoms with Crippen LogP contribution in [0.1, 0.15) is 29.6 Å². The van der Waals surface area contributed by atoms with Crippen LogP contribution in [0.3, 0.4) is 0 Å². The lowest BCUT2D eigenvalue weighted by atomic mass is 9.78. The second-order valence-corrected chi connectivity index (χ2v) is 4.85. The molecule has 5 heteroatoms. The molecule has 0 aliphatic heterocycles. The molecule has 4 nitrogen and oxygen atoms in total. The molecule has 0 saturated heterocycles. The molecule has 1 fully saturated rings. The van der Waals surface area contributed by atoms with Crippen molar-refractivity contribution < 1.29 is 4.79 Å². The Hall–Kier alpha value is -1.73. The van der Waals surface area contributed by atoms with E-state index in [0.717, 1.165) is 24.9 Å². The maximum absolute atomic E-state index is 11.5. The van der Waals surface area contributed by atoms with Crippen molar-refractivity contribution in [1.29, 1.82) is 5.26 Å². The van der Waals surface area contributed by atoms with E-state index in [1.165, 1.54) is 0 Å². The van der Waals surface area contributed by atoms with Crippen LogP contribution in [0.2, 0.25) is 5.02 Å². The summed E-state index contributed by atoms with van der Waals surface area (Å²) in [4.78, 5) is 11.5. The number of carbonyl (C=O) groups excluding carboxylic acids is 1. The van der Waals surface area contributed by atoms with Crippen LogP contribution in [-0.4, -0.2) is 18.5 Å². The zero-order valence-corrected chi connectivity index (χ0v) is 10.8. The first-order valence-corrected chi connectivity index (χ1v) is 6.19. The number of nitrogens with one attached hydrogen (secondary N) is 2. The van der Waals surface area contributed by atoms with Gasteiger partial charge in [-0.25, -0.2) is 0 Å². The maximum Gasteiger partial charge on any atom is 0.252 e. The van der Waals surface area contributed by atoms with Crippen LogP contribution in [0.25, 0.3) is 0 Å². The number of carbonyl (C=O) groups is 1. The molecule has 0 aromatic heterocycles. The molecule has 0 radical (unpaired) electrons. The van der Waals surface area contributed by atoms with Crippen LogP contribution in [0.4, 0.5) is 5.69 Å². The van der Waals surface area contributed by atoms with Crippen molar-refractivity contribution in [3.63, 3.8) is 0 Å². The van der Waals surface area contributed by atoms with E-state index in [0.29, 0.717) is 10.6 Å². The Bertz CT molecular complexity index is 517. The molecule has 0 bridgehead atoms. The Balaban J connectivity index is 2.19. The summed E-state index contributed by atoms with van der Waals surface area (Å²) in [5.74, 6) is -0.217. The highest BCUT2D eigenvalue weighted by atomic mass is 35.5. The SMILES string of the molecule is CNC(=O)c1ccc(NC2(C#N)CCC2)cc1Cl. The average Bonchev–Trinajstić information content (AvgIpc) is 2.33. The highest BCUT2D eigenvalue weighted by Gasteiger charge is 2.37. The lowest BCUT2D eigenvalue weighted by Crippen LogP contribution is -2.43. The number of rotatable bonds is 3. The van der Waals surface area contributed by atoms with Crippen LogP contribution in [0.15, 0.2) is 18.2 Å². The third-order valence-corrected chi connectivity index (χ3v) is 3.56. The predicted molar refractivity (Wildman–Crippen MR) is 70.7 cm³/mol. The van der Waals surface area contributed by atoms with Gasteiger partial charge < -0.3 is 10.6 Å². The molecule has 1 aromatic carbocycles. The standard InChI is InChI=1S/C13H14ClN3O/c1-16-12(18)10-4-3-9(7-11(10)14)17-13(8-15)5-2-6-13/h3-4,7,17H,2,5-6H2,1H3,(H,16,18). The predicted octanol–water partition coefficient (Wildman–Crippen LogP) is 2.56. The van der Waals surface area contributed by atoms with Crippen molar-refractivity contribution in [1.82, 2.24) is 5.32 Å². The van der Waals surface area contributed by atoms with Gasteiger partial charge in [-0.1, -0.05) is 11.6 Å². The quantitative estimate of drug-likeness (QED) is 0.881. The van der Waals surface area contributed by atoms with Gasteiger partial charge in [0.1, 0.15) is 5.54 Å². The van der Waals surface area contributed by atoms with Gasteiger partial charge in [0.2, 0.25) is 0 Å². The van der Waals surface area contributed by atoms with E-state index in [2.05, 4.69) is 16.7 Å². The zero-order valence-electron chi connectivity index (χ0n) is 10.1. The second kappa shape index (κ2) is 4.87. The highest BCUT2D eigenvalue weighted by Crippen LogP contribution is 2.35. The largest absolute Gasteiger partial charge is 0.367 e. The summed E-state index contributed by atoms with van der Waals surface area (Å²) in [6.07, 6.45) is 2.75. The Labute approximate surface area is 111 Å². The molecule has 1 aromatic rings. The van der Waals surface area contributed by atoms with Gasteiger partial charge in [-0.2, -0.15) is 5.26 Å². The van der Waals surface area contributed by atoms with Gasteiger partial charge >= 0.3 is 0 Å². The summed E-state index contributed by atoms with van der Waals surface area (Å²) < 4.78 is 0. The fourth-order valence-corrected chi connectivity index (χ4v) is 2.25. The monoisotopic (exact) mass is 263 g/mol. The number of halogens is 1. The molecular weight excluding hydrogens is 250 g/mol. The topological polar surface area (TPSA) is 64.9 Å². The van der Waals surface area contributed by atoms with Gasteiger partial charge in [-0.3, -0.25) is 4.79 Å². The van der Waals surface area contributed by atoms with E-state index in [9.17, 15) is 4.79 Å². The van der Waals surface area contributed by atoms with Crippen LogP contribution >= 0.6 is 11.6 Å². The van der Waals surface area contributed by atoms with Gasteiger partial charge in [-0.05, 0) is 37.5 Å². The van der Waals surface area contributed by atoms with Crippen molar-refractivity contribution in [2.24, 2.45) is 0 Å². The Morgan fingerprint density at radius 3 is 2.67 bits per heavy atom. The first kappa shape index (κ1) is 12.7. The number of anilines is 1. The Morgan fingerprint density at radius 1 is 1.50 bits per heavy atom. The molecule has 94 valence electrons. The number of nitrogens with zero attached hydrogens (tertiary/aromatic N) is 1. The molecule has 2 rings (SSSR count). The molecule has 0 atom stereocenters. The van der Waals surface area contributed by atoms with Crippen molar-refractivity contribution in [3.05, 3.63) is 28.8 Å². The molecule has 0 spiro atoms. The number of nitriles is 1. The molecule has 0 heterocycles. The van der Waals surface area contributed by atoms with Crippen LogP contribution in [0, 0.1) is 11.3 Å². The van der Waals surface area contributed by atoms with Crippen molar-refractivity contribution in [2.75, 3.05) is 12.4 Å². The van der Waals surface area contributed by atoms with Crippen LogP contribution in [-0.2, 0) is 0 Å². The zero-order chi connectivity index (χ0) is 13.2. The van der Waals surface area contributed by atoms with Crippen LogP contribution in [0.5, 0.6) is 0 Å². The summed E-state index contributed by atoms with van der Waals surface area (Å²) in [6.45, 7) is 0. The molecule has 0 unspecified atom stereocenters. The Morgan fingerprint density at radius 2 is 2.22 bits per heavy atom. The van der Waals surface area contributed by atoms with Gasteiger partial charge in [0, 0.05) is 12.7 Å². The molecule has 1 amide bonds. The molecule has 2 N–H and O–H groups in total. The third-order valence-electron chi connectivity index (χ3n) is 3.25. The van der Waals surface area contributed by atoms with E-state index in [-0.39, 0.29) is 5.91 Å². The first-order valence-electron chi connectivity index (χ1n) is 5.81. The smallest absolute Gasteiger partial charge is 0.252 e. The second-order valence-electron chi connectivity index (χ2n) is 4.45. The summed E-state index contributed by atoms with van der Waals surface area (Å²) in [5, 5.41) is 15.2. The van der Waals surface area contributed by atoms with E-state index >= 15 is 0 Å². The minimum Gasteiger partial charge on any atom is -0.367 e. The normalized spacial score (nSPS) is 16.3. The number of hydrogen-bond acceptors (Lipinski definition) is 3. The van der Waals surface area contributed by atoms with Crippen molar-refractivity contribution in [3.8, 4) is 6.07 Å². The fraction of sp³-hybridized carbons (Fsp3) is 0.385. The third kappa shape index (κ3) is 2.27. The minimum atomic E-state index is -0.460. The number of hydrogen-bond donors (Lipinski definition) is 2. The molecule has 1 aliphatic carbocycles. The highest BCUT2D eigenvalue weighted by molar-refractivity contribution is 6.34. The minimum absolute atomic E-state index is 0.217. The van der Waals surface area contributed by atoms with Gasteiger partial charge in [0.05, 0.1) is 16.7 Å². The van der Waals surface area contributed by atoms with Gasteiger partial charge in [0.15, 0.2) is 0 Å².